The van der Waals surface area contributed by atoms with E-state index < -0.39 is 0 Å². The highest BCUT2D eigenvalue weighted by atomic mass is 16.5. The van der Waals surface area contributed by atoms with E-state index in [2.05, 4.69) is 30.9 Å². The van der Waals surface area contributed by atoms with Crippen LogP contribution in [0.25, 0.3) is 22.8 Å². The molecule has 2 aromatic carbocycles. The van der Waals surface area contributed by atoms with Crippen LogP contribution in [-0.2, 0) is 38.2 Å². The molecule has 12 rings (SSSR count). The number of ether oxygens (including phenoxy) is 1. The maximum absolute atomic E-state index is 12.3. The van der Waals surface area contributed by atoms with E-state index in [-0.39, 0.29) is 29.3 Å². The molecule has 8 saturated carbocycles. The first kappa shape index (κ1) is 39.8. The van der Waals surface area contributed by atoms with E-state index in [0.717, 1.165) is 77.0 Å². The molecule has 12 nitrogen and oxygen atoms in total. The van der Waals surface area contributed by atoms with Gasteiger partial charge < -0.3 is 25.5 Å². The maximum atomic E-state index is 12.3. The van der Waals surface area contributed by atoms with Crippen molar-refractivity contribution in [3.63, 3.8) is 0 Å². The molecule has 4 aromatic rings. The number of aliphatic hydroxyl groups is 1. The van der Waals surface area contributed by atoms with Crippen molar-refractivity contribution in [1.82, 2.24) is 34.8 Å². The van der Waals surface area contributed by atoms with Crippen LogP contribution in [-0.4, -0.2) is 74.8 Å². The SMILES string of the molecule is CN.CNC(=O)Cn1c(-c2ccccc2)nnc1C12CC3CC(CC(C3)C1)C2.CO.COC(=O)Cn1c(-c2ccccc2)nnc1C12CC3CC(CC(C3)C1)C2. The number of amides is 1. The summed E-state index contributed by atoms with van der Waals surface area (Å²) in [6.45, 7) is 0.482. The Morgan fingerprint density at radius 2 is 0.982 bits per heavy atom. The first-order valence-corrected chi connectivity index (χ1v) is 20.6. The monoisotopic (exact) mass is 764 g/mol. The van der Waals surface area contributed by atoms with Gasteiger partial charge in [-0.25, -0.2) is 0 Å². The lowest BCUT2D eigenvalue weighted by Crippen LogP contribution is -2.50. The molecule has 8 aliphatic carbocycles. The van der Waals surface area contributed by atoms with Gasteiger partial charge >= 0.3 is 5.97 Å². The second kappa shape index (κ2) is 17.0. The van der Waals surface area contributed by atoms with E-state index in [0.29, 0.717) is 6.54 Å². The lowest BCUT2D eigenvalue weighted by Gasteiger charge is -2.56. The standard InChI is InChI=1S/C21H26N4O.C21H25N3O2.CH5N.CH4O/c1-22-18(26)13-25-19(17-5-3-2-4-6-17)23-24-20(25)21-10-14-7-15(11-21)9-16(8-14)12-21;1-26-18(25)13-24-19(17-5-3-2-4-6-17)22-23-20(24)21-10-14-7-15(11-21)9-16(8-14)12-21;2*1-2/h2-6,14-16H,7-13H2,1H3,(H,22,26);2-6,14-16H,7-13H2,1H3;2H2,1H3;2H,1H3. The fourth-order valence-corrected chi connectivity index (χ4v) is 12.5. The van der Waals surface area contributed by atoms with E-state index in [1.807, 2.05) is 65.2 Å². The van der Waals surface area contributed by atoms with Gasteiger partial charge in [-0.1, -0.05) is 60.7 Å². The van der Waals surface area contributed by atoms with Gasteiger partial charge in [0.05, 0.1) is 7.11 Å². The average molecular weight is 765 g/mol. The molecule has 1 amide bonds. The number of rotatable bonds is 8. The fraction of sp³-hybridized carbons (Fsp3) is 0.591. The first-order chi connectivity index (χ1) is 27.3. The molecule has 8 aliphatic rings. The van der Waals surface area contributed by atoms with Crippen LogP contribution in [0, 0.1) is 35.5 Å². The Morgan fingerprint density at radius 1 is 0.643 bits per heavy atom. The van der Waals surface area contributed by atoms with Crippen molar-refractivity contribution in [2.24, 2.45) is 41.2 Å². The number of carbonyl (C=O) groups excluding carboxylic acids is 2. The predicted octanol–water partition coefficient (Wildman–Crippen LogP) is 5.93. The molecule has 0 atom stereocenters. The summed E-state index contributed by atoms with van der Waals surface area (Å²) < 4.78 is 9.11. The zero-order chi connectivity index (χ0) is 39.5. The van der Waals surface area contributed by atoms with E-state index in [4.69, 9.17) is 14.9 Å². The number of methoxy groups -OCH3 is 1. The third kappa shape index (κ3) is 7.66. The van der Waals surface area contributed by atoms with E-state index in [1.54, 1.807) is 7.05 Å². The van der Waals surface area contributed by atoms with Crippen LogP contribution in [0.2, 0.25) is 0 Å². The number of hydrogen-bond acceptors (Lipinski definition) is 9. The van der Waals surface area contributed by atoms with Crippen molar-refractivity contribution < 1.29 is 19.4 Å². The molecule has 12 heteroatoms. The van der Waals surface area contributed by atoms with Crippen LogP contribution in [0.15, 0.2) is 60.7 Å². The summed E-state index contributed by atoms with van der Waals surface area (Å²) in [7, 11) is 5.64. The number of aromatic nitrogens is 6. The minimum Gasteiger partial charge on any atom is -0.468 e. The third-order valence-corrected chi connectivity index (χ3v) is 13.7. The van der Waals surface area contributed by atoms with Crippen molar-refractivity contribution in [2.45, 2.75) is 101 Å². The van der Waals surface area contributed by atoms with Gasteiger partial charge in [0.2, 0.25) is 5.91 Å². The van der Waals surface area contributed by atoms with E-state index >= 15 is 0 Å². The van der Waals surface area contributed by atoms with E-state index in [9.17, 15) is 9.59 Å². The van der Waals surface area contributed by atoms with Crippen LogP contribution in [0.3, 0.4) is 0 Å². The van der Waals surface area contributed by atoms with Crippen LogP contribution in [0.4, 0.5) is 0 Å². The highest BCUT2D eigenvalue weighted by Gasteiger charge is 2.55. The molecule has 2 heterocycles. The largest absolute Gasteiger partial charge is 0.468 e. The van der Waals surface area contributed by atoms with Gasteiger partial charge in [-0.15, -0.1) is 20.4 Å². The van der Waals surface area contributed by atoms with Gasteiger partial charge in [-0.3, -0.25) is 14.2 Å². The van der Waals surface area contributed by atoms with Crippen LogP contribution in [0.5, 0.6) is 0 Å². The Morgan fingerprint density at radius 3 is 1.30 bits per heavy atom. The Bertz CT molecular complexity index is 1730. The summed E-state index contributed by atoms with van der Waals surface area (Å²) >= 11 is 0. The van der Waals surface area contributed by atoms with Crippen molar-refractivity contribution in [2.75, 3.05) is 28.3 Å². The number of carbonyl (C=O) groups is 2. The summed E-state index contributed by atoms with van der Waals surface area (Å²) in [4.78, 5) is 24.4. The second-order valence-electron chi connectivity index (χ2n) is 17.2. The van der Waals surface area contributed by atoms with Crippen molar-refractivity contribution in [3.05, 3.63) is 72.3 Å². The van der Waals surface area contributed by atoms with Gasteiger partial charge in [0.15, 0.2) is 11.6 Å². The summed E-state index contributed by atoms with van der Waals surface area (Å²) in [5.41, 5.74) is 6.76. The van der Waals surface area contributed by atoms with Crippen LogP contribution < -0.4 is 11.1 Å². The van der Waals surface area contributed by atoms with Gasteiger partial charge in [0.1, 0.15) is 24.7 Å². The molecule has 56 heavy (non-hydrogen) atoms. The Labute approximate surface area is 331 Å². The maximum Gasteiger partial charge on any atom is 0.325 e. The molecule has 0 saturated heterocycles. The lowest BCUT2D eigenvalue weighted by molar-refractivity contribution is -0.141. The van der Waals surface area contributed by atoms with E-state index in [1.165, 1.54) is 91.2 Å². The zero-order valence-corrected chi connectivity index (χ0v) is 33.6. The number of nitrogens with one attached hydrogen (secondary N) is 1. The Balaban J connectivity index is 0.000000158. The summed E-state index contributed by atoms with van der Waals surface area (Å²) in [6, 6.07) is 20.2. The van der Waals surface area contributed by atoms with Gasteiger partial charge in [0, 0.05) is 36.1 Å². The second-order valence-corrected chi connectivity index (χ2v) is 17.2. The van der Waals surface area contributed by atoms with Crippen LogP contribution >= 0.6 is 0 Å². The third-order valence-electron chi connectivity index (χ3n) is 13.7. The van der Waals surface area contributed by atoms with Gasteiger partial charge in [-0.05, 0) is 120 Å². The molecule has 0 radical (unpaired) electrons. The normalized spacial score (nSPS) is 29.9. The first-order valence-electron chi connectivity index (χ1n) is 20.6. The molecule has 8 fully saturated rings. The number of esters is 1. The van der Waals surface area contributed by atoms with Crippen molar-refractivity contribution >= 4 is 11.9 Å². The lowest BCUT2D eigenvalue weighted by atomic mass is 9.49. The van der Waals surface area contributed by atoms with Crippen LogP contribution in [0.1, 0.15) is 88.7 Å². The number of hydrogen-bond donors (Lipinski definition) is 3. The average Bonchev–Trinajstić information content (AvgIpc) is 3.84. The molecule has 0 spiro atoms. The Kier molecular flexibility index (Phi) is 12.1. The Hall–Kier alpha value is -4.42. The molecule has 0 aliphatic heterocycles. The summed E-state index contributed by atoms with van der Waals surface area (Å²) in [5.74, 6) is 8.42. The van der Waals surface area contributed by atoms with Crippen molar-refractivity contribution in [3.8, 4) is 22.8 Å². The molecular weight excluding hydrogens is 705 g/mol. The van der Waals surface area contributed by atoms with Gasteiger partial charge in [0.25, 0.3) is 0 Å². The van der Waals surface area contributed by atoms with Gasteiger partial charge in [-0.2, -0.15) is 0 Å². The fourth-order valence-electron chi connectivity index (χ4n) is 12.5. The minimum atomic E-state index is -0.243. The molecular formula is C44H60N8O4. The number of aliphatic hydroxyl groups excluding tert-OH is 1. The quantitative estimate of drug-likeness (QED) is 0.185. The minimum absolute atomic E-state index is 0.00737. The highest BCUT2D eigenvalue weighted by molar-refractivity contribution is 5.76. The smallest absolute Gasteiger partial charge is 0.325 e. The topological polar surface area (TPSA) is 163 Å². The number of likely N-dealkylation sites (N-methyl/N-ethyl adjacent to an activating group) is 1. The summed E-state index contributed by atoms with van der Waals surface area (Å²) in [5, 5.41) is 28.2. The molecule has 2 aromatic heterocycles. The molecule has 4 N–H and O–H groups in total. The predicted molar refractivity (Wildman–Crippen MR) is 215 cm³/mol. The number of nitrogens with zero attached hydrogens (tertiary/aromatic N) is 6. The number of nitrogens with two attached hydrogens (primary N) is 1. The zero-order valence-electron chi connectivity index (χ0n) is 33.6. The summed E-state index contributed by atoms with van der Waals surface area (Å²) in [6.07, 6.45) is 15.6. The van der Waals surface area contributed by atoms with Crippen molar-refractivity contribution in [1.29, 1.82) is 0 Å². The molecule has 8 bridgehead atoms. The molecule has 300 valence electrons. The molecule has 0 unspecified atom stereocenters. The number of benzene rings is 2. The highest BCUT2D eigenvalue weighted by Crippen LogP contribution is 2.61.